The number of nitrogens with zero attached hydrogens (tertiary/aromatic N) is 2. The maximum Gasteiger partial charge on any atom is 0.417 e. The lowest BCUT2D eigenvalue weighted by Gasteiger charge is -2.17. The van der Waals surface area contributed by atoms with Crippen molar-refractivity contribution in [2.45, 2.75) is 37.1 Å². The molecule has 4 aromatic rings. The lowest BCUT2D eigenvalue weighted by molar-refractivity contribution is -0.138. The van der Waals surface area contributed by atoms with E-state index in [0.717, 1.165) is 30.3 Å². The Hall–Kier alpha value is -4.45. The Morgan fingerprint density at radius 2 is 1.58 bits per heavy atom. The topological polar surface area (TPSA) is 93.1 Å². The summed E-state index contributed by atoms with van der Waals surface area (Å²) in [6.07, 6.45) is -10.1. The molecule has 2 aromatic carbocycles. The molecule has 0 saturated carbocycles. The summed E-state index contributed by atoms with van der Waals surface area (Å²) in [6, 6.07) is 7.78. The summed E-state index contributed by atoms with van der Waals surface area (Å²) >= 11 is 0. The molecule has 0 N–H and O–H groups in total. The summed E-state index contributed by atoms with van der Waals surface area (Å²) in [5, 5.41) is 9.33. The number of pyridine rings is 1. The van der Waals surface area contributed by atoms with Gasteiger partial charge in [0.2, 0.25) is 0 Å². The van der Waals surface area contributed by atoms with Gasteiger partial charge in [-0.3, -0.25) is 9.36 Å². The average molecular weight is 631 g/mol. The third-order valence-corrected chi connectivity index (χ3v) is 8.17. The third-order valence-electron chi connectivity index (χ3n) is 6.27. The van der Waals surface area contributed by atoms with Crippen molar-refractivity contribution in [1.82, 2.24) is 4.57 Å². The average Bonchev–Trinajstić information content (AvgIpc) is 3.39. The summed E-state index contributed by atoms with van der Waals surface area (Å²) < 4.78 is 142. The van der Waals surface area contributed by atoms with Gasteiger partial charge in [-0.15, -0.1) is 0 Å². The van der Waals surface area contributed by atoms with Gasteiger partial charge >= 0.3 is 12.4 Å². The van der Waals surface area contributed by atoms with Gasteiger partial charge in [-0.1, -0.05) is 13.0 Å². The van der Waals surface area contributed by atoms with Gasteiger partial charge in [0.25, 0.3) is 5.56 Å². The summed E-state index contributed by atoms with van der Waals surface area (Å²) in [4.78, 5) is 12.4. The molecular formula is C28H18F8N2O4S. The predicted octanol–water partition coefficient (Wildman–Crippen LogP) is 7.19. The van der Waals surface area contributed by atoms with Crippen molar-refractivity contribution in [3.8, 4) is 28.8 Å². The lowest BCUT2D eigenvalue weighted by Crippen LogP contribution is -2.29. The zero-order chi connectivity index (χ0) is 31.9. The van der Waals surface area contributed by atoms with Crippen LogP contribution in [0.4, 0.5) is 35.1 Å². The zero-order valence-corrected chi connectivity index (χ0v) is 22.6. The molecule has 226 valence electrons. The number of rotatable bonds is 7. The molecule has 15 heteroatoms. The second-order valence-corrected chi connectivity index (χ2v) is 11.4. The number of hydrogen-bond acceptors (Lipinski definition) is 5. The van der Waals surface area contributed by atoms with Gasteiger partial charge in [0.1, 0.15) is 29.0 Å². The van der Waals surface area contributed by atoms with Crippen molar-refractivity contribution < 1.29 is 48.0 Å². The van der Waals surface area contributed by atoms with Crippen molar-refractivity contribution in [3.05, 3.63) is 98.8 Å². The maximum atomic E-state index is 14.4. The van der Waals surface area contributed by atoms with Gasteiger partial charge in [-0.25, -0.2) is 17.2 Å². The van der Waals surface area contributed by atoms with Crippen LogP contribution >= 0.6 is 0 Å². The first kappa shape index (κ1) is 31.5. The SMILES string of the molecule is CCCS(=O)(=O)c1cc(-c2ccc(-c3cc(C(F)(F)F)c(C#N)c(=O)n3Cc3ccc(F)cc3F)o2)cc(C(F)(F)F)c1. The molecule has 2 heterocycles. The zero-order valence-electron chi connectivity index (χ0n) is 21.8. The van der Waals surface area contributed by atoms with Crippen molar-refractivity contribution in [2.75, 3.05) is 5.75 Å². The third kappa shape index (κ3) is 6.48. The second kappa shape index (κ2) is 11.3. The minimum atomic E-state index is -5.21. The van der Waals surface area contributed by atoms with E-state index in [1.54, 1.807) is 0 Å². The number of benzene rings is 2. The van der Waals surface area contributed by atoms with Crippen LogP contribution in [0, 0.1) is 23.0 Å². The molecule has 0 aliphatic carbocycles. The first-order valence-electron chi connectivity index (χ1n) is 12.2. The van der Waals surface area contributed by atoms with Gasteiger partial charge < -0.3 is 4.42 Å². The number of furan rings is 1. The van der Waals surface area contributed by atoms with E-state index in [1.165, 1.54) is 13.0 Å². The molecule has 0 unspecified atom stereocenters. The van der Waals surface area contributed by atoms with Gasteiger partial charge in [-0.2, -0.15) is 31.6 Å². The molecule has 0 atom stereocenters. The normalized spacial score (nSPS) is 12.4. The maximum absolute atomic E-state index is 14.4. The Bertz CT molecular complexity index is 1920. The van der Waals surface area contributed by atoms with Crippen molar-refractivity contribution in [3.63, 3.8) is 0 Å². The smallest absolute Gasteiger partial charge is 0.417 e. The second-order valence-electron chi connectivity index (χ2n) is 9.28. The molecule has 0 spiro atoms. The molecule has 0 bridgehead atoms. The minimum absolute atomic E-state index is 0.102. The number of nitriles is 1. The van der Waals surface area contributed by atoms with Crippen LogP contribution in [0.2, 0.25) is 0 Å². The van der Waals surface area contributed by atoms with Crippen LogP contribution in [0.5, 0.6) is 0 Å². The highest BCUT2D eigenvalue weighted by molar-refractivity contribution is 7.91. The Balaban J connectivity index is 1.96. The Morgan fingerprint density at radius 3 is 2.16 bits per heavy atom. The summed E-state index contributed by atoms with van der Waals surface area (Å²) in [7, 11) is -4.16. The van der Waals surface area contributed by atoms with Crippen molar-refractivity contribution in [1.29, 1.82) is 5.26 Å². The van der Waals surface area contributed by atoms with Crippen LogP contribution in [0.1, 0.15) is 35.6 Å². The fourth-order valence-electron chi connectivity index (χ4n) is 4.26. The van der Waals surface area contributed by atoms with E-state index < -0.39 is 90.5 Å². The number of sulfone groups is 1. The van der Waals surface area contributed by atoms with E-state index in [4.69, 9.17) is 4.42 Å². The van der Waals surface area contributed by atoms with E-state index in [1.807, 2.05) is 0 Å². The number of aromatic nitrogens is 1. The molecule has 0 saturated heterocycles. The van der Waals surface area contributed by atoms with E-state index in [-0.39, 0.29) is 17.5 Å². The van der Waals surface area contributed by atoms with Gasteiger partial charge in [-0.05, 0) is 48.9 Å². The van der Waals surface area contributed by atoms with Crippen LogP contribution in [-0.4, -0.2) is 18.7 Å². The van der Waals surface area contributed by atoms with Gasteiger partial charge in [0.15, 0.2) is 15.6 Å². The molecule has 43 heavy (non-hydrogen) atoms. The first-order chi connectivity index (χ1) is 20.0. The molecule has 0 aliphatic rings. The monoisotopic (exact) mass is 630 g/mol. The lowest BCUT2D eigenvalue weighted by atomic mass is 10.1. The highest BCUT2D eigenvalue weighted by Crippen LogP contribution is 2.38. The Labute approximate surface area is 238 Å². The standard InChI is InChI=1S/C28H18F8N2O4S/c1-2-7-43(40,41)19-9-16(8-17(10-19)27(31,32)33)24-5-6-25(42-24)23-12-21(28(34,35)36)20(13-37)26(39)38(23)14-15-3-4-18(29)11-22(15)30/h3-6,8-12H,2,7,14H2,1H3. The predicted molar refractivity (Wildman–Crippen MR) is 136 cm³/mol. The molecule has 0 aliphatic heterocycles. The summed E-state index contributed by atoms with van der Waals surface area (Å²) in [5.41, 5.74) is -7.19. The molecule has 2 aromatic heterocycles. The van der Waals surface area contributed by atoms with Gasteiger partial charge in [0, 0.05) is 17.2 Å². The molecular weight excluding hydrogens is 612 g/mol. The molecule has 0 fully saturated rings. The fraction of sp³-hybridized carbons (Fsp3) is 0.214. The highest BCUT2D eigenvalue weighted by Gasteiger charge is 2.37. The molecule has 0 amide bonds. The van der Waals surface area contributed by atoms with Crippen molar-refractivity contribution in [2.24, 2.45) is 0 Å². The fourth-order valence-corrected chi connectivity index (χ4v) is 5.65. The van der Waals surface area contributed by atoms with Crippen LogP contribution in [-0.2, 0) is 28.7 Å². The highest BCUT2D eigenvalue weighted by atomic mass is 32.2. The minimum Gasteiger partial charge on any atom is -0.455 e. The first-order valence-corrected chi connectivity index (χ1v) is 13.9. The molecule has 6 nitrogen and oxygen atoms in total. The summed E-state index contributed by atoms with van der Waals surface area (Å²) in [6.45, 7) is 0.723. The number of halogens is 8. The van der Waals surface area contributed by atoms with E-state index in [0.29, 0.717) is 28.8 Å². The van der Waals surface area contributed by atoms with Crippen LogP contribution < -0.4 is 5.56 Å². The Kier molecular flexibility index (Phi) is 8.29. The summed E-state index contributed by atoms with van der Waals surface area (Å²) in [5.74, 6) is -3.51. The van der Waals surface area contributed by atoms with Gasteiger partial charge in [0.05, 0.1) is 34.0 Å². The Morgan fingerprint density at radius 1 is 0.907 bits per heavy atom. The van der Waals surface area contributed by atoms with E-state index in [9.17, 15) is 53.6 Å². The van der Waals surface area contributed by atoms with E-state index in [2.05, 4.69) is 0 Å². The molecule has 0 radical (unpaired) electrons. The number of hydrogen-bond donors (Lipinski definition) is 0. The molecule has 4 rings (SSSR count). The van der Waals surface area contributed by atoms with E-state index >= 15 is 0 Å². The quantitative estimate of drug-likeness (QED) is 0.202. The largest absolute Gasteiger partial charge is 0.455 e. The van der Waals surface area contributed by atoms with Crippen molar-refractivity contribution >= 4 is 9.84 Å². The van der Waals surface area contributed by atoms with Crippen LogP contribution in [0.25, 0.3) is 22.8 Å². The van der Waals surface area contributed by atoms with Crippen LogP contribution in [0.15, 0.2) is 68.7 Å². The van der Waals surface area contributed by atoms with Crippen LogP contribution in [0.3, 0.4) is 0 Å². The number of alkyl halides is 6.